The fraction of sp³-hybridized carbons (Fsp3) is 0.312. The van der Waals surface area contributed by atoms with Gasteiger partial charge in [-0.1, -0.05) is 11.2 Å². The molecule has 0 radical (unpaired) electrons. The number of nitrogens with zero attached hydrogens (tertiary/aromatic N) is 3. The first kappa shape index (κ1) is 16.8. The molecule has 1 amide bonds. The molecule has 3 aromatic heterocycles. The maximum atomic E-state index is 12.5. The van der Waals surface area contributed by atoms with Gasteiger partial charge >= 0.3 is 0 Å². The maximum Gasteiger partial charge on any atom is 0.246 e. The number of nitrogens with one attached hydrogen (secondary N) is 1. The van der Waals surface area contributed by atoms with Crippen molar-refractivity contribution in [2.75, 3.05) is 12.0 Å². The second-order valence-corrected chi connectivity index (χ2v) is 7.07. The van der Waals surface area contributed by atoms with Crippen molar-refractivity contribution >= 4 is 29.0 Å². The summed E-state index contributed by atoms with van der Waals surface area (Å²) in [6, 6.07) is 7.48. The van der Waals surface area contributed by atoms with Crippen molar-refractivity contribution in [2.24, 2.45) is 0 Å². The lowest BCUT2D eigenvalue weighted by Crippen LogP contribution is -2.32. The largest absolute Gasteiger partial charge is 0.345 e. The van der Waals surface area contributed by atoms with Gasteiger partial charge in [0.1, 0.15) is 6.04 Å². The highest BCUT2D eigenvalue weighted by molar-refractivity contribution is 7.98. The second kappa shape index (κ2) is 8.16. The summed E-state index contributed by atoms with van der Waals surface area (Å²) in [6.45, 7) is 0.230. The maximum absolute atomic E-state index is 12.5. The van der Waals surface area contributed by atoms with Crippen molar-refractivity contribution in [3.63, 3.8) is 0 Å². The molecule has 3 aromatic rings. The summed E-state index contributed by atoms with van der Waals surface area (Å²) < 4.78 is 7.14. The summed E-state index contributed by atoms with van der Waals surface area (Å²) in [5, 5.41) is 8.80. The van der Waals surface area contributed by atoms with Crippen LogP contribution in [0.25, 0.3) is 10.7 Å². The molecule has 0 fully saturated rings. The summed E-state index contributed by atoms with van der Waals surface area (Å²) >= 11 is 3.28. The Balaban J connectivity index is 1.61. The van der Waals surface area contributed by atoms with Gasteiger partial charge in [0.15, 0.2) is 0 Å². The van der Waals surface area contributed by atoms with E-state index in [1.807, 2.05) is 52.9 Å². The first-order valence-electron chi connectivity index (χ1n) is 7.53. The van der Waals surface area contributed by atoms with E-state index in [-0.39, 0.29) is 18.5 Å². The van der Waals surface area contributed by atoms with Gasteiger partial charge < -0.3 is 14.4 Å². The van der Waals surface area contributed by atoms with E-state index in [1.165, 1.54) is 0 Å². The third-order valence-corrected chi connectivity index (χ3v) is 5.02. The number of rotatable bonds is 8. The van der Waals surface area contributed by atoms with Crippen molar-refractivity contribution in [3.05, 3.63) is 47.9 Å². The minimum Gasteiger partial charge on any atom is -0.345 e. The molecule has 0 spiro atoms. The Hall–Kier alpha value is -2.06. The van der Waals surface area contributed by atoms with E-state index in [9.17, 15) is 4.79 Å². The average Bonchev–Trinajstić information content (AvgIpc) is 3.33. The number of aromatic nitrogens is 3. The molecule has 6 nitrogen and oxygen atoms in total. The predicted octanol–water partition coefficient (Wildman–Crippen LogP) is 3.21. The summed E-state index contributed by atoms with van der Waals surface area (Å²) in [5.41, 5.74) is 0. The highest BCUT2D eigenvalue weighted by Crippen LogP contribution is 2.21. The first-order chi connectivity index (χ1) is 11.8. The zero-order valence-corrected chi connectivity index (χ0v) is 14.8. The topological polar surface area (TPSA) is 73.0 Å². The fourth-order valence-corrected chi connectivity index (χ4v) is 3.42. The monoisotopic (exact) mass is 362 g/mol. The van der Waals surface area contributed by atoms with Gasteiger partial charge in [-0.25, -0.2) is 0 Å². The van der Waals surface area contributed by atoms with Gasteiger partial charge in [-0.3, -0.25) is 4.79 Å². The number of thiophene rings is 1. The number of amides is 1. The molecule has 0 aliphatic rings. The molecule has 0 aliphatic carbocycles. The zero-order chi connectivity index (χ0) is 16.8. The summed E-state index contributed by atoms with van der Waals surface area (Å²) in [6.07, 6.45) is 6.62. The van der Waals surface area contributed by atoms with Crippen LogP contribution in [0.5, 0.6) is 0 Å². The summed E-state index contributed by atoms with van der Waals surface area (Å²) in [4.78, 5) is 17.8. The Morgan fingerprint density at radius 2 is 2.25 bits per heavy atom. The van der Waals surface area contributed by atoms with Crippen LogP contribution < -0.4 is 5.32 Å². The average molecular weight is 362 g/mol. The van der Waals surface area contributed by atoms with Gasteiger partial charge in [0, 0.05) is 12.4 Å². The fourth-order valence-electron chi connectivity index (χ4n) is 2.31. The van der Waals surface area contributed by atoms with Crippen LogP contribution in [0.15, 0.2) is 46.6 Å². The Morgan fingerprint density at radius 1 is 1.42 bits per heavy atom. The molecule has 0 bridgehead atoms. The van der Waals surface area contributed by atoms with Crippen molar-refractivity contribution in [2.45, 2.75) is 19.0 Å². The van der Waals surface area contributed by atoms with Crippen LogP contribution in [0.1, 0.15) is 18.4 Å². The van der Waals surface area contributed by atoms with E-state index in [0.717, 1.165) is 17.1 Å². The van der Waals surface area contributed by atoms with Gasteiger partial charge in [-0.05, 0) is 42.0 Å². The predicted molar refractivity (Wildman–Crippen MR) is 95.9 cm³/mol. The highest BCUT2D eigenvalue weighted by atomic mass is 32.2. The van der Waals surface area contributed by atoms with Crippen LogP contribution in [-0.2, 0) is 11.3 Å². The molecule has 0 saturated carbocycles. The molecule has 126 valence electrons. The minimum absolute atomic E-state index is 0.0453. The number of carbonyl (C=O) groups excluding carboxylic acids is 1. The molecule has 8 heteroatoms. The van der Waals surface area contributed by atoms with Crippen LogP contribution >= 0.6 is 23.1 Å². The normalized spacial score (nSPS) is 12.2. The van der Waals surface area contributed by atoms with Crippen LogP contribution in [0.3, 0.4) is 0 Å². The van der Waals surface area contributed by atoms with E-state index in [0.29, 0.717) is 11.7 Å². The van der Waals surface area contributed by atoms with Crippen molar-refractivity contribution < 1.29 is 9.32 Å². The second-order valence-electron chi connectivity index (χ2n) is 5.13. The molecule has 3 rings (SSSR count). The lowest BCUT2D eigenvalue weighted by molar-refractivity contribution is -0.124. The van der Waals surface area contributed by atoms with Crippen LogP contribution in [0.4, 0.5) is 0 Å². The van der Waals surface area contributed by atoms with E-state index in [2.05, 4.69) is 15.5 Å². The quantitative estimate of drug-likeness (QED) is 0.666. The van der Waals surface area contributed by atoms with Crippen molar-refractivity contribution in [1.82, 2.24) is 20.0 Å². The molecule has 0 saturated heterocycles. The third-order valence-electron chi connectivity index (χ3n) is 3.51. The zero-order valence-electron chi connectivity index (χ0n) is 13.2. The first-order valence-corrected chi connectivity index (χ1v) is 9.81. The van der Waals surface area contributed by atoms with Gasteiger partial charge in [0.25, 0.3) is 0 Å². The molecule has 3 heterocycles. The van der Waals surface area contributed by atoms with Gasteiger partial charge in [0.05, 0.1) is 11.4 Å². The summed E-state index contributed by atoms with van der Waals surface area (Å²) in [5.74, 6) is 1.83. The molecule has 0 aliphatic heterocycles. The van der Waals surface area contributed by atoms with Gasteiger partial charge in [-0.2, -0.15) is 16.7 Å². The third kappa shape index (κ3) is 4.07. The molecular weight excluding hydrogens is 344 g/mol. The lowest BCUT2D eigenvalue weighted by atomic mass is 10.2. The minimum atomic E-state index is -0.230. The molecule has 24 heavy (non-hydrogen) atoms. The Kier molecular flexibility index (Phi) is 5.71. The van der Waals surface area contributed by atoms with Gasteiger partial charge in [-0.15, -0.1) is 11.3 Å². The lowest BCUT2D eigenvalue weighted by Gasteiger charge is -2.17. The number of hydrogen-bond acceptors (Lipinski definition) is 6. The number of thioether (sulfide) groups is 1. The molecule has 0 aromatic carbocycles. The standard InChI is InChI=1S/C16H18N4O2S2/c1-23-10-6-12(20-7-2-3-8-20)16(21)17-11-14-18-15(19-22-14)13-5-4-9-24-13/h2-5,7-9,12H,6,10-11H2,1H3,(H,17,21)/t12-/m1/s1. The molecular formula is C16H18N4O2S2. The Bertz CT molecular complexity index is 753. The molecule has 1 atom stereocenters. The SMILES string of the molecule is CSCC[C@H](C(=O)NCc1nc(-c2cccs2)no1)n1cccc1. The van der Waals surface area contributed by atoms with Gasteiger partial charge in [0.2, 0.25) is 17.6 Å². The number of hydrogen-bond donors (Lipinski definition) is 1. The van der Waals surface area contributed by atoms with Crippen LogP contribution in [0, 0.1) is 0 Å². The van der Waals surface area contributed by atoms with E-state index >= 15 is 0 Å². The highest BCUT2D eigenvalue weighted by Gasteiger charge is 2.20. The molecule has 1 N–H and O–H groups in total. The summed E-state index contributed by atoms with van der Waals surface area (Å²) in [7, 11) is 0. The van der Waals surface area contributed by atoms with E-state index < -0.39 is 0 Å². The smallest absolute Gasteiger partial charge is 0.246 e. The molecule has 0 unspecified atom stereocenters. The van der Waals surface area contributed by atoms with Crippen molar-refractivity contribution in [3.8, 4) is 10.7 Å². The number of carbonyl (C=O) groups is 1. The van der Waals surface area contributed by atoms with Crippen LogP contribution in [-0.4, -0.2) is 32.6 Å². The van der Waals surface area contributed by atoms with E-state index in [1.54, 1.807) is 23.1 Å². The Morgan fingerprint density at radius 3 is 2.96 bits per heavy atom. The van der Waals surface area contributed by atoms with Crippen LogP contribution in [0.2, 0.25) is 0 Å². The van der Waals surface area contributed by atoms with Crippen molar-refractivity contribution in [1.29, 1.82) is 0 Å². The Labute approximate surface area is 148 Å². The van der Waals surface area contributed by atoms with E-state index in [4.69, 9.17) is 4.52 Å².